The van der Waals surface area contributed by atoms with Gasteiger partial charge in [0.1, 0.15) is 17.4 Å². The van der Waals surface area contributed by atoms with E-state index in [0.717, 1.165) is 36.1 Å². The number of para-hydroxylation sites is 1. The zero-order chi connectivity index (χ0) is 13.2. The molecule has 3 nitrogen and oxygen atoms in total. The molecule has 1 aliphatic rings. The summed E-state index contributed by atoms with van der Waals surface area (Å²) in [6, 6.07) is 7.93. The second-order valence-electron chi connectivity index (χ2n) is 5.10. The normalized spacial score (nSPS) is 14.9. The lowest BCUT2D eigenvalue weighted by Gasteiger charge is -2.10. The Balaban J connectivity index is 2.40. The van der Waals surface area contributed by atoms with Crippen LogP contribution in [0.4, 0.5) is 0 Å². The Morgan fingerprint density at radius 2 is 2.11 bits per heavy atom. The molecular formula is C16H19N2O+. The van der Waals surface area contributed by atoms with E-state index in [9.17, 15) is 4.79 Å². The molecule has 0 aliphatic carbocycles. The quantitative estimate of drug-likeness (QED) is 0.597. The van der Waals surface area contributed by atoms with Gasteiger partial charge in [0.15, 0.2) is 0 Å². The number of hydrogen-bond donors (Lipinski definition) is 0. The molecule has 1 aromatic heterocycles. The third-order valence-electron chi connectivity index (χ3n) is 3.89. The van der Waals surface area contributed by atoms with Crippen molar-refractivity contribution in [3.8, 4) is 0 Å². The van der Waals surface area contributed by atoms with Crippen molar-refractivity contribution in [3.05, 3.63) is 53.1 Å². The molecule has 0 radical (unpaired) electrons. The number of allylic oxidation sites excluding steroid dienone is 1. The average molecular weight is 255 g/mol. The highest BCUT2D eigenvalue weighted by Gasteiger charge is 2.23. The Morgan fingerprint density at radius 3 is 2.95 bits per heavy atom. The van der Waals surface area contributed by atoms with Crippen molar-refractivity contribution in [2.45, 2.75) is 38.8 Å². The van der Waals surface area contributed by atoms with Gasteiger partial charge in [-0.3, -0.25) is 0 Å². The van der Waals surface area contributed by atoms with Gasteiger partial charge < -0.3 is 0 Å². The first kappa shape index (κ1) is 12.2. The summed E-state index contributed by atoms with van der Waals surface area (Å²) in [6.07, 6.45) is 6.37. The molecule has 0 N–H and O–H groups in total. The van der Waals surface area contributed by atoms with Crippen LogP contribution in [0.2, 0.25) is 0 Å². The van der Waals surface area contributed by atoms with Crippen LogP contribution in [-0.4, -0.2) is 4.57 Å². The van der Waals surface area contributed by atoms with Crippen molar-refractivity contribution in [3.63, 3.8) is 0 Å². The molecule has 0 amide bonds. The molecule has 1 aliphatic heterocycles. The molecule has 0 fully saturated rings. The van der Waals surface area contributed by atoms with Gasteiger partial charge in [0, 0.05) is 6.42 Å². The highest BCUT2D eigenvalue weighted by molar-refractivity contribution is 5.74. The Kier molecular flexibility index (Phi) is 3.20. The van der Waals surface area contributed by atoms with E-state index in [1.807, 2.05) is 28.8 Å². The van der Waals surface area contributed by atoms with Crippen molar-refractivity contribution in [1.82, 2.24) is 4.57 Å². The molecule has 0 bridgehead atoms. The van der Waals surface area contributed by atoms with Crippen LogP contribution < -0.4 is 10.1 Å². The summed E-state index contributed by atoms with van der Waals surface area (Å²) in [7, 11) is 0. The van der Waals surface area contributed by atoms with Crippen molar-refractivity contribution in [1.29, 1.82) is 0 Å². The highest BCUT2D eigenvalue weighted by atomic mass is 16.1. The lowest BCUT2D eigenvalue weighted by atomic mass is 10.2. The second kappa shape index (κ2) is 5.00. The fourth-order valence-electron chi connectivity index (χ4n) is 3.00. The predicted molar refractivity (Wildman–Crippen MR) is 76.2 cm³/mol. The second-order valence-corrected chi connectivity index (χ2v) is 5.10. The Bertz CT molecular complexity index is 685. The average Bonchev–Trinajstić information content (AvgIpc) is 2.69. The van der Waals surface area contributed by atoms with Crippen molar-refractivity contribution >= 4 is 10.9 Å². The van der Waals surface area contributed by atoms with E-state index >= 15 is 0 Å². The number of aryl methyl sites for hydroxylation is 1. The maximum atomic E-state index is 12.6. The summed E-state index contributed by atoms with van der Waals surface area (Å²) in [6.45, 7) is 5.38. The van der Waals surface area contributed by atoms with Gasteiger partial charge in [0.05, 0.1) is 6.54 Å². The van der Waals surface area contributed by atoms with E-state index in [4.69, 9.17) is 0 Å². The number of fused-ring (bicyclic) bond motifs is 3. The highest BCUT2D eigenvalue weighted by Crippen LogP contribution is 2.13. The molecule has 0 atom stereocenters. The standard InChI is InChI=1S/C16H19N2O/c1-2-11-18-15-10-4-3-7-12-17(15)14-9-6-5-8-13(14)16(18)19/h2,5-6,8-9H,1,3-4,7,10-12H2/q+1. The van der Waals surface area contributed by atoms with Crippen molar-refractivity contribution < 1.29 is 4.57 Å². The van der Waals surface area contributed by atoms with Gasteiger partial charge in [-0.15, -0.1) is 0 Å². The summed E-state index contributed by atoms with van der Waals surface area (Å²) in [4.78, 5) is 12.6. The van der Waals surface area contributed by atoms with Gasteiger partial charge in [0.2, 0.25) is 0 Å². The Morgan fingerprint density at radius 1 is 1.26 bits per heavy atom. The molecule has 98 valence electrons. The summed E-state index contributed by atoms with van der Waals surface area (Å²) in [5, 5.41) is 0.815. The first-order chi connectivity index (χ1) is 9.33. The summed E-state index contributed by atoms with van der Waals surface area (Å²) in [5.41, 5.74) is 1.19. The van der Waals surface area contributed by atoms with Crippen LogP contribution in [0.3, 0.4) is 0 Å². The van der Waals surface area contributed by atoms with Crippen LogP contribution in [0.5, 0.6) is 0 Å². The molecular weight excluding hydrogens is 236 g/mol. The molecule has 3 rings (SSSR count). The van der Waals surface area contributed by atoms with Gasteiger partial charge in [0.25, 0.3) is 5.82 Å². The SMILES string of the molecule is C=CCn1c2[n+](c3ccccc3c1=O)CCCCC2. The fraction of sp³-hybridized carbons (Fsp3) is 0.375. The van der Waals surface area contributed by atoms with Crippen molar-refractivity contribution in [2.75, 3.05) is 0 Å². The molecule has 0 spiro atoms. The number of hydrogen-bond acceptors (Lipinski definition) is 1. The number of rotatable bonds is 2. The van der Waals surface area contributed by atoms with Gasteiger partial charge in [-0.2, -0.15) is 4.57 Å². The summed E-state index contributed by atoms with van der Waals surface area (Å²) in [5.74, 6) is 1.15. The maximum absolute atomic E-state index is 12.6. The number of benzene rings is 1. The van der Waals surface area contributed by atoms with Gasteiger partial charge in [-0.05, 0) is 31.4 Å². The van der Waals surface area contributed by atoms with Crippen LogP contribution in [0.1, 0.15) is 25.1 Å². The lowest BCUT2D eigenvalue weighted by Crippen LogP contribution is -2.46. The van der Waals surface area contributed by atoms with Gasteiger partial charge in [-0.25, -0.2) is 9.36 Å². The molecule has 0 unspecified atom stereocenters. The van der Waals surface area contributed by atoms with Crippen LogP contribution in [0.25, 0.3) is 10.9 Å². The molecule has 2 aromatic rings. The van der Waals surface area contributed by atoms with E-state index in [1.165, 1.54) is 12.8 Å². The largest absolute Gasteiger partial charge is 0.345 e. The molecule has 19 heavy (non-hydrogen) atoms. The molecule has 1 aromatic carbocycles. The summed E-state index contributed by atoms with van der Waals surface area (Å²) >= 11 is 0. The minimum atomic E-state index is 0.114. The van der Waals surface area contributed by atoms with Crippen LogP contribution in [-0.2, 0) is 19.5 Å². The number of nitrogens with zero attached hydrogens (tertiary/aromatic N) is 2. The van der Waals surface area contributed by atoms with E-state index in [2.05, 4.69) is 17.2 Å². The van der Waals surface area contributed by atoms with Crippen LogP contribution in [0, 0.1) is 0 Å². The zero-order valence-corrected chi connectivity index (χ0v) is 11.1. The zero-order valence-electron chi connectivity index (χ0n) is 11.1. The van der Waals surface area contributed by atoms with Gasteiger partial charge >= 0.3 is 5.56 Å². The minimum Gasteiger partial charge on any atom is -0.241 e. The summed E-state index contributed by atoms with van der Waals surface area (Å²) < 4.78 is 4.22. The molecule has 0 saturated heterocycles. The molecule has 2 heterocycles. The van der Waals surface area contributed by atoms with E-state index in [1.54, 1.807) is 0 Å². The predicted octanol–water partition coefficient (Wildman–Crippen LogP) is 2.20. The fourth-order valence-corrected chi connectivity index (χ4v) is 3.00. The lowest BCUT2D eigenvalue weighted by molar-refractivity contribution is -0.682. The Labute approximate surface area is 112 Å². The smallest absolute Gasteiger partial charge is 0.241 e. The maximum Gasteiger partial charge on any atom is 0.345 e. The monoisotopic (exact) mass is 255 g/mol. The van der Waals surface area contributed by atoms with E-state index in [0.29, 0.717) is 6.54 Å². The van der Waals surface area contributed by atoms with E-state index < -0.39 is 0 Å². The van der Waals surface area contributed by atoms with E-state index in [-0.39, 0.29) is 5.56 Å². The minimum absolute atomic E-state index is 0.114. The third kappa shape index (κ3) is 1.99. The van der Waals surface area contributed by atoms with Gasteiger partial charge in [-0.1, -0.05) is 24.8 Å². The first-order valence-corrected chi connectivity index (χ1v) is 6.98. The molecule has 3 heteroatoms. The topological polar surface area (TPSA) is 25.9 Å². The van der Waals surface area contributed by atoms with Crippen LogP contribution in [0.15, 0.2) is 41.7 Å². The first-order valence-electron chi connectivity index (χ1n) is 6.98. The third-order valence-corrected chi connectivity index (χ3v) is 3.89. The number of aromatic nitrogens is 2. The molecule has 0 saturated carbocycles. The van der Waals surface area contributed by atoms with Crippen LogP contribution >= 0.6 is 0 Å². The Hall–Kier alpha value is -1.90. The van der Waals surface area contributed by atoms with Crippen molar-refractivity contribution in [2.24, 2.45) is 0 Å².